The molecule has 62 heavy (non-hydrogen) atoms. The Hall–Kier alpha value is -6.18. The number of nitrogens with zero attached hydrogens (tertiary/aromatic N) is 8. The SMILES string of the molecule is CCCCc1cn(CCCN=Cc2c(O)c(O)c(C(C)C)c3cc(C)c(-c4c(C)cc5c(C(C)C)c(O)c(O)c(C=NCCCn6cc(CCCC)nn6)c5c4O)c(O)c23)nn1. The molecule has 0 fully saturated rings. The van der Waals surface area contributed by atoms with Crippen molar-refractivity contribution in [2.75, 3.05) is 13.1 Å². The summed E-state index contributed by atoms with van der Waals surface area (Å²) in [5.41, 5.74) is 4.92. The van der Waals surface area contributed by atoms with Crippen LogP contribution in [0, 0.1) is 13.8 Å². The fraction of sp³-hybridized carbons (Fsp3) is 0.458. The van der Waals surface area contributed by atoms with Gasteiger partial charge in [-0.15, -0.1) is 10.2 Å². The maximum absolute atomic E-state index is 12.5. The van der Waals surface area contributed by atoms with Crippen LogP contribution < -0.4 is 0 Å². The van der Waals surface area contributed by atoms with E-state index in [4.69, 9.17) is 0 Å². The number of phenolic OH excluding ortho intramolecular Hbond substituents is 6. The summed E-state index contributed by atoms with van der Waals surface area (Å²) in [7, 11) is 0. The highest BCUT2D eigenvalue weighted by Crippen LogP contribution is 2.54. The number of fused-ring (bicyclic) bond motifs is 2. The third kappa shape index (κ3) is 9.19. The lowest BCUT2D eigenvalue weighted by Crippen LogP contribution is -2.02. The van der Waals surface area contributed by atoms with Crippen molar-refractivity contribution >= 4 is 34.0 Å². The van der Waals surface area contributed by atoms with E-state index >= 15 is 0 Å². The Morgan fingerprint density at radius 3 is 1.31 bits per heavy atom. The molecule has 0 unspecified atom stereocenters. The van der Waals surface area contributed by atoms with Crippen LogP contribution in [0.15, 0.2) is 34.5 Å². The molecule has 0 atom stereocenters. The number of hydrogen-bond donors (Lipinski definition) is 6. The third-order valence-corrected chi connectivity index (χ3v) is 11.5. The molecule has 0 amide bonds. The van der Waals surface area contributed by atoms with Crippen molar-refractivity contribution < 1.29 is 30.6 Å². The second-order valence-electron chi connectivity index (χ2n) is 17.0. The topological polar surface area (TPSA) is 208 Å². The first-order valence-electron chi connectivity index (χ1n) is 22.0. The molecule has 0 saturated heterocycles. The molecule has 0 aliphatic carbocycles. The van der Waals surface area contributed by atoms with Gasteiger partial charge in [0.15, 0.2) is 23.0 Å². The molecule has 0 radical (unpaired) electrons. The second kappa shape index (κ2) is 19.7. The van der Waals surface area contributed by atoms with Gasteiger partial charge in [0.05, 0.1) is 11.4 Å². The highest BCUT2D eigenvalue weighted by atomic mass is 16.3. The zero-order chi connectivity index (χ0) is 44.8. The first-order valence-corrected chi connectivity index (χ1v) is 22.0. The van der Waals surface area contributed by atoms with E-state index in [1.807, 2.05) is 66.1 Å². The van der Waals surface area contributed by atoms with Gasteiger partial charge in [0, 0.05) is 95.2 Å². The van der Waals surface area contributed by atoms with E-state index in [1.165, 1.54) is 12.4 Å². The molecule has 0 spiro atoms. The van der Waals surface area contributed by atoms with Crippen molar-refractivity contribution in [2.45, 2.75) is 132 Å². The summed E-state index contributed by atoms with van der Waals surface area (Å²) in [6, 6.07) is 3.69. The molecule has 6 N–H and O–H groups in total. The maximum Gasteiger partial charge on any atom is 0.167 e. The molecule has 330 valence electrons. The van der Waals surface area contributed by atoms with Crippen molar-refractivity contribution in [1.29, 1.82) is 0 Å². The summed E-state index contributed by atoms with van der Waals surface area (Å²) in [6.07, 6.45) is 14.1. The predicted molar refractivity (Wildman–Crippen MR) is 246 cm³/mol. The Morgan fingerprint density at radius 1 is 0.565 bits per heavy atom. The number of aromatic hydroxyl groups is 6. The van der Waals surface area contributed by atoms with E-state index < -0.39 is 11.5 Å². The average Bonchev–Trinajstić information content (AvgIpc) is 3.89. The highest BCUT2D eigenvalue weighted by molar-refractivity contribution is 6.15. The fourth-order valence-electron chi connectivity index (χ4n) is 8.42. The summed E-state index contributed by atoms with van der Waals surface area (Å²) in [4.78, 5) is 9.23. The molecule has 0 aliphatic heterocycles. The lowest BCUT2D eigenvalue weighted by Gasteiger charge is -2.23. The number of hydrogen-bond acceptors (Lipinski definition) is 12. The van der Waals surface area contributed by atoms with Gasteiger partial charge in [-0.05, 0) is 86.1 Å². The maximum atomic E-state index is 12.5. The molecule has 6 rings (SSSR count). The normalized spacial score (nSPS) is 12.2. The van der Waals surface area contributed by atoms with Gasteiger partial charge in [-0.2, -0.15) is 0 Å². The lowest BCUT2D eigenvalue weighted by atomic mass is 9.83. The smallest absolute Gasteiger partial charge is 0.167 e. The number of aromatic nitrogens is 6. The molecule has 14 heteroatoms. The molecule has 4 aromatic carbocycles. The third-order valence-electron chi connectivity index (χ3n) is 11.5. The minimum absolute atomic E-state index is 0.141. The number of benzene rings is 4. The number of unbranched alkanes of at least 4 members (excludes halogenated alkanes) is 2. The average molecular weight is 847 g/mol. The fourth-order valence-corrected chi connectivity index (χ4v) is 8.42. The van der Waals surface area contributed by atoms with Crippen LogP contribution in [0.4, 0.5) is 0 Å². The Kier molecular flexibility index (Phi) is 14.4. The van der Waals surface area contributed by atoms with Crippen LogP contribution in [0.25, 0.3) is 32.7 Å². The van der Waals surface area contributed by atoms with Crippen LogP contribution in [0.1, 0.15) is 137 Å². The van der Waals surface area contributed by atoms with Crippen molar-refractivity contribution in [2.24, 2.45) is 9.98 Å². The molecule has 2 heterocycles. The van der Waals surface area contributed by atoms with Gasteiger partial charge in [-0.3, -0.25) is 19.3 Å². The van der Waals surface area contributed by atoms with Crippen LogP contribution in [-0.2, 0) is 25.9 Å². The van der Waals surface area contributed by atoms with Gasteiger partial charge in [0.25, 0.3) is 0 Å². The van der Waals surface area contributed by atoms with E-state index in [0.717, 1.165) is 49.9 Å². The summed E-state index contributed by atoms with van der Waals surface area (Å²) in [5, 5.41) is 89.3. The van der Waals surface area contributed by atoms with Crippen LogP contribution in [-0.4, -0.2) is 86.1 Å². The van der Waals surface area contributed by atoms with E-state index in [0.29, 0.717) is 83.2 Å². The van der Waals surface area contributed by atoms with Gasteiger partial charge >= 0.3 is 0 Å². The van der Waals surface area contributed by atoms with E-state index in [-0.39, 0.29) is 56.7 Å². The molecule has 0 bridgehead atoms. The number of aryl methyl sites for hydroxylation is 6. The van der Waals surface area contributed by atoms with E-state index in [1.54, 1.807) is 9.36 Å². The van der Waals surface area contributed by atoms with Crippen LogP contribution >= 0.6 is 0 Å². The van der Waals surface area contributed by atoms with Crippen molar-refractivity contribution in [3.63, 3.8) is 0 Å². The van der Waals surface area contributed by atoms with Gasteiger partial charge in [0.2, 0.25) is 0 Å². The van der Waals surface area contributed by atoms with Crippen molar-refractivity contribution in [3.8, 4) is 45.6 Å². The highest BCUT2D eigenvalue weighted by Gasteiger charge is 2.29. The van der Waals surface area contributed by atoms with Crippen LogP contribution in [0.5, 0.6) is 34.5 Å². The van der Waals surface area contributed by atoms with Gasteiger partial charge in [-0.25, -0.2) is 0 Å². The Bertz CT molecular complexity index is 2440. The monoisotopic (exact) mass is 846 g/mol. The summed E-state index contributed by atoms with van der Waals surface area (Å²) in [6.45, 7) is 17.4. The molecular weight excluding hydrogens is 785 g/mol. The predicted octanol–water partition coefficient (Wildman–Crippen LogP) is 9.64. The standard InChI is InChI=1S/C48H62N8O6/c1-9-11-15-31-25-55(53-51-31)19-13-17-49-23-35-41-33(37(27(3)4)47(61)43(35)57)21-29(7)39(45(41)59)40-30(8)22-34-38(28(5)6)48(62)44(58)36(42(34)46(40)60)24-50-18-14-20-56-26-32(52-54-56)16-12-10-2/h21-28,57-62H,9-20H2,1-8H3. The minimum Gasteiger partial charge on any atom is -0.507 e. The van der Waals surface area contributed by atoms with E-state index in [9.17, 15) is 30.6 Å². The zero-order valence-electron chi connectivity index (χ0n) is 37.4. The molecule has 0 saturated carbocycles. The quantitative estimate of drug-likeness (QED) is 0.0258. The van der Waals surface area contributed by atoms with Crippen LogP contribution in [0.2, 0.25) is 0 Å². The van der Waals surface area contributed by atoms with Crippen molar-refractivity contribution in [3.05, 3.63) is 69.3 Å². The van der Waals surface area contributed by atoms with Gasteiger partial charge in [-0.1, -0.05) is 76.9 Å². The van der Waals surface area contributed by atoms with Gasteiger partial charge < -0.3 is 30.6 Å². The van der Waals surface area contributed by atoms with E-state index in [2.05, 4.69) is 44.5 Å². The molecular formula is C48H62N8O6. The number of phenols is 6. The lowest BCUT2D eigenvalue weighted by molar-refractivity contribution is 0.398. The zero-order valence-corrected chi connectivity index (χ0v) is 37.4. The summed E-state index contributed by atoms with van der Waals surface area (Å²) < 4.78 is 3.59. The number of aliphatic imine (C=N–C) groups is 2. The molecule has 14 nitrogen and oxygen atoms in total. The minimum atomic E-state index is -0.410. The van der Waals surface area contributed by atoms with Crippen molar-refractivity contribution in [1.82, 2.24) is 30.0 Å². The first kappa shape index (κ1) is 45.3. The molecule has 0 aliphatic rings. The molecule has 2 aromatic heterocycles. The van der Waals surface area contributed by atoms with Gasteiger partial charge in [0.1, 0.15) is 11.5 Å². The summed E-state index contributed by atoms with van der Waals surface area (Å²) in [5.74, 6) is -2.28. The largest absolute Gasteiger partial charge is 0.507 e. The first-order chi connectivity index (χ1) is 29.7. The van der Waals surface area contributed by atoms with Crippen LogP contribution in [0.3, 0.4) is 0 Å². The Balaban J connectivity index is 1.43. The molecule has 6 aromatic rings. The summed E-state index contributed by atoms with van der Waals surface area (Å²) >= 11 is 0. The Labute approximate surface area is 363 Å². The number of rotatable bonds is 19. The second-order valence-corrected chi connectivity index (χ2v) is 17.0. The Morgan fingerprint density at radius 2 is 0.952 bits per heavy atom.